The third-order valence-electron chi connectivity index (χ3n) is 2.40. The minimum absolute atomic E-state index is 0.317. The SMILES string of the molecule is C=C(C)CC(NC)c1cccc(OC)c1. The maximum atomic E-state index is 5.20. The number of methoxy groups -OCH3 is 1. The maximum absolute atomic E-state index is 5.20. The Balaban J connectivity index is 2.85. The fraction of sp³-hybridized carbons (Fsp3) is 0.385. The van der Waals surface area contributed by atoms with Crippen LogP contribution in [0.5, 0.6) is 5.75 Å². The highest BCUT2D eigenvalue weighted by atomic mass is 16.5. The molecule has 0 saturated carbocycles. The lowest BCUT2D eigenvalue weighted by Gasteiger charge is -2.17. The van der Waals surface area contributed by atoms with E-state index in [0.29, 0.717) is 6.04 Å². The minimum Gasteiger partial charge on any atom is -0.497 e. The van der Waals surface area contributed by atoms with Crippen molar-refractivity contribution in [1.29, 1.82) is 0 Å². The van der Waals surface area contributed by atoms with Crippen molar-refractivity contribution < 1.29 is 4.74 Å². The van der Waals surface area contributed by atoms with Crippen LogP contribution in [0.4, 0.5) is 0 Å². The van der Waals surface area contributed by atoms with Crippen LogP contribution in [0.15, 0.2) is 36.4 Å². The summed E-state index contributed by atoms with van der Waals surface area (Å²) in [6, 6.07) is 8.45. The molecular weight excluding hydrogens is 186 g/mol. The van der Waals surface area contributed by atoms with Crippen LogP contribution in [0.25, 0.3) is 0 Å². The van der Waals surface area contributed by atoms with Gasteiger partial charge in [-0.05, 0) is 38.1 Å². The van der Waals surface area contributed by atoms with Gasteiger partial charge in [-0.1, -0.05) is 17.7 Å². The predicted molar refractivity (Wildman–Crippen MR) is 64.2 cm³/mol. The van der Waals surface area contributed by atoms with Crippen molar-refractivity contribution in [3.63, 3.8) is 0 Å². The lowest BCUT2D eigenvalue weighted by molar-refractivity contribution is 0.413. The summed E-state index contributed by atoms with van der Waals surface area (Å²) in [5.41, 5.74) is 2.41. The van der Waals surface area contributed by atoms with Crippen molar-refractivity contribution >= 4 is 0 Å². The van der Waals surface area contributed by atoms with Crippen molar-refractivity contribution in [1.82, 2.24) is 5.32 Å². The smallest absolute Gasteiger partial charge is 0.119 e. The maximum Gasteiger partial charge on any atom is 0.119 e. The fourth-order valence-corrected chi connectivity index (χ4v) is 1.59. The average molecular weight is 205 g/mol. The molecule has 2 nitrogen and oxygen atoms in total. The molecule has 1 aromatic carbocycles. The molecule has 1 unspecified atom stereocenters. The molecule has 15 heavy (non-hydrogen) atoms. The largest absolute Gasteiger partial charge is 0.497 e. The van der Waals surface area contributed by atoms with Gasteiger partial charge in [0, 0.05) is 6.04 Å². The quantitative estimate of drug-likeness (QED) is 0.746. The van der Waals surface area contributed by atoms with E-state index < -0.39 is 0 Å². The topological polar surface area (TPSA) is 21.3 Å². The first kappa shape index (κ1) is 11.8. The van der Waals surface area contributed by atoms with Gasteiger partial charge in [0.1, 0.15) is 5.75 Å². The van der Waals surface area contributed by atoms with E-state index in [1.807, 2.05) is 26.1 Å². The highest BCUT2D eigenvalue weighted by molar-refractivity contribution is 5.31. The van der Waals surface area contributed by atoms with Crippen LogP contribution in [-0.4, -0.2) is 14.2 Å². The van der Waals surface area contributed by atoms with Gasteiger partial charge in [-0.2, -0.15) is 0 Å². The number of nitrogens with one attached hydrogen (secondary N) is 1. The van der Waals surface area contributed by atoms with E-state index in [1.54, 1.807) is 7.11 Å². The molecule has 0 heterocycles. The molecule has 0 aliphatic rings. The third kappa shape index (κ3) is 3.40. The van der Waals surface area contributed by atoms with Gasteiger partial charge >= 0.3 is 0 Å². The summed E-state index contributed by atoms with van der Waals surface area (Å²) in [7, 11) is 3.65. The van der Waals surface area contributed by atoms with Gasteiger partial charge in [-0.15, -0.1) is 6.58 Å². The summed E-state index contributed by atoms with van der Waals surface area (Å²) in [4.78, 5) is 0. The van der Waals surface area contributed by atoms with Crippen molar-refractivity contribution in [2.45, 2.75) is 19.4 Å². The monoisotopic (exact) mass is 205 g/mol. The van der Waals surface area contributed by atoms with Crippen LogP contribution in [0.3, 0.4) is 0 Å². The molecule has 0 radical (unpaired) electrons. The summed E-state index contributed by atoms with van der Waals surface area (Å²) in [6.07, 6.45) is 0.948. The molecule has 0 aliphatic heterocycles. The molecule has 2 heteroatoms. The van der Waals surface area contributed by atoms with Crippen LogP contribution in [-0.2, 0) is 0 Å². The Labute approximate surface area is 92.0 Å². The van der Waals surface area contributed by atoms with Crippen molar-refractivity contribution in [2.75, 3.05) is 14.2 Å². The molecule has 1 N–H and O–H groups in total. The summed E-state index contributed by atoms with van der Waals surface area (Å²) in [6.45, 7) is 5.99. The van der Waals surface area contributed by atoms with Gasteiger partial charge in [0.15, 0.2) is 0 Å². The molecule has 1 rings (SSSR count). The Morgan fingerprint density at radius 2 is 2.27 bits per heavy atom. The molecule has 1 atom stereocenters. The van der Waals surface area contributed by atoms with E-state index in [1.165, 1.54) is 11.1 Å². The first-order valence-corrected chi connectivity index (χ1v) is 5.13. The minimum atomic E-state index is 0.317. The highest BCUT2D eigenvalue weighted by Crippen LogP contribution is 2.23. The predicted octanol–water partition coefficient (Wildman–Crippen LogP) is 2.92. The zero-order chi connectivity index (χ0) is 11.3. The van der Waals surface area contributed by atoms with Crippen molar-refractivity contribution in [3.8, 4) is 5.75 Å². The van der Waals surface area contributed by atoms with Gasteiger partial charge in [0.25, 0.3) is 0 Å². The Morgan fingerprint density at radius 1 is 1.53 bits per heavy atom. The summed E-state index contributed by atoms with van der Waals surface area (Å²) in [5.74, 6) is 0.898. The third-order valence-corrected chi connectivity index (χ3v) is 2.40. The molecule has 0 spiro atoms. The zero-order valence-corrected chi connectivity index (χ0v) is 9.71. The second kappa shape index (κ2) is 5.56. The molecule has 0 aromatic heterocycles. The van der Waals surface area contributed by atoms with Gasteiger partial charge in [-0.25, -0.2) is 0 Å². The lowest BCUT2D eigenvalue weighted by atomic mass is 10.0. The molecular formula is C13H19NO. The molecule has 0 bridgehead atoms. The van der Waals surface area contributed by atoms with Gasteiger partial charge < -0.3 is 10.1 Å². The Kier molecular flexibility index (Phi) is 4.37. The Morgan fingerprint density at radius 3 is 2.80 bits per heavy atom. The molecule has 82 valence electrons. The zero-order valence-electron chi connectivity index (χ0n) is 9.71. The average Bonchev–Trinajstić information content (AvgIpc) is 2.25. The van der Waals surface area contributed by atoms with Crippen molar-refractivity contribution in [3.05, 3.63) is 42.0 Å². The van der Waals surface area contributed by atoms with Crippen LogP contribution in [0, 0.1) is 0 Å². The van der Waals surface area contributed by atoms with Crippen LogP contribution in [0.2, 0.25) is 0 Å². The second-order valence-electron chi connectivity index (χ2n) is 3.78. The Hall–Kier alpha value is -1.28. The highest BCUT2D eigenvalue weighted by Gasteiger charge is 2.09. The fourth-order valence-electron chi connectivity index (χ4n) is 1.59. The van der Waals surface area contributed by atoms with E-state index in [0.717, 1.165) is 12.2 Å². The van der Waals surface area contributed by atoms with E-state index in [9.17, 15) is 0 Å². The first-order chi connectivity index (χ1) is 7.17. The second-order valence-corrected chi connectivity index (χ2v) is 3.78. The van der Waals surface area contributed by atoms with Crippen LogP contribution in [0.1, 0.15) is 24.9 Å². The van der Waals surface area contributed by atoms with Crippen LogP contribution >= 0.6 is 0 Å². The van der Waals surface area contributed by atoms with E-state index in [2.05, 4.69) is 24.0 Å². The number of hydrogen-bond acceptors (Lipinski definition) is 2. The molecule has 0 aliphatic carbocycles. The molecule has 0 amide bonds. The van der Waals surface area contributed by atoms with E-state index in [-0.39, 0.29) is 0 Å². The Bertz CT molecular complexity index is 333. The lowest BCUT2D eigenvalue weighted by Crippen LogP contribution is -2.16. The van der Waals surface area contributed by atoms with Gasteiger partial charge in [0.2, 0.25) is 0 Å². The standard InChI is InChI=1S/C13H19NO/c1-10(2)8-13(14-3)11-6-5-7-12(9-11)15-4/h5-7,9,13-14H,1,8H2,2-4H3. The van der Waals surface area contributed by atoms with Gasteiger partial charge in [0.05, 0.1) is 7.11 Å². The van der Waals surface area contributed by atoms with Crippen molar-refractivity contribution in [2.24, 2.45) is 0 Å². The normalized spacial score (nSPS) is 12.2. The number of rotatable bonds is 5. The number of ether oxygens (including phenoxy) is 1. The molecule has 0 saturated heterocycles. The van der Waals surface area contributed by atoms with Crippen LogP contribution < -0.4 is 10.1 Å². The number of benzene rings is 1. The summed E-state index contributed by atoms with van der Waals surface area (Å²) >= 11 is 0. The van der Waals surface area contributed by atoms with E-state index >= 15 is 0 Å². The summed E-state index contributed by atoms with van der Waals surface area (Å²) < 4.78 is 5.20. The van der Waals surface area contributed by atoms with Gasteiger partial charge in [-0.3, -0.25) is 0 Å². The molecule has 0 fully saturated rings. The summed E-state index contributed by atoms with van der Waals surface area (Å²) in [5, 5.41) is 3.28. The molecule has 1 aromatic rings. The number of hydrogen-bond donors (Lipinski definition) is 1. The van der Waals surface area contributed by atoms with E-state index in [4.69, 9.17) is 4.74 Å². The first-order valence-electron chi connectivity index (χ1n) is 5.13.